The molecule has 1 fully saturated rings. The fourth-order valence-electron chi connectivity index (χ4n) is 5.07. The van der Waals surface area contributed by atoms with Gasteiger partial charge in [-0.15, -0.1) is 4.98 Å². The molecule has 0 aliphatic carbocycles. The minimum atomic E-state index is -0.282. The highest BCUT2D eigenvalue weighted by Gasteiger charge is 2.36. The second kappa shape index (κ2) is 9.47. The maximum absolute atomic E-state index is 13.7. The Morgan fingerprint density at radius 3 is 2.56 bits per heavy atom. The van der Waals surface area contributed by atoms with Crippen molar-refractivity contribution < 1.29 is 4.39 Å². The van der Waals surface area contributed by atoms with Crippen LogP contribution in [0.3, 0.4) is 0 Å². The van der Waals surface area contributed by atoms with Crippen molar-refractivity contribution in [1.82, 2.24) is 24.4 Å². The monoisotopic (exact) mass is 483 g/mol. The SMILES string of the molecule is [C-]#[N+]c1ccc2c(n1)c(N1C[C@@H](C)N(C(c3ccc(F)cc3)c3ccncn3)C[C@@H]1C)cc(=O)n2C. The molecule has 8 nitrogen and oxygen atoms in total. The van der Waals surface area contributed by atoms with E-state index in [0.717, 1.165) is 16.9 Å². The zero-order valence-electron chi connectivity index (χ0n) is 20.3. The first kappa shape index (κ1) is 23.6. The predicted octanol–water partition coefficient (Wildman–Crippen LogP) is 4.10. The molecule has 1 aromatic carbocycles. The number of aromatic nitrogens is 4. The number of hydrogen-bond acceptors (Lipinski definition) is 6. The smallest absolute Gasteiger partial charge is 0.270 e. The molecular weight excluding hydrogens is 457 g/mol. The fraction of sp³-hybridized carbons (Fsp3) is 0.296. The van der Waals surface area contributed by atoms with Crippen molar-refractivity contribution in [2.24, 2.45) is 7.05 Å². The van der Waals surface area contributed by atoms with Gasteiger partial charge in [0, 0.05) is 44.5 Å². The van der Waals surface area contributed by atoms with Gasteiger partial charge in [0.1, 0.15) is 12.1 Å². The summed E-state index contributed by atoms with van der Waals surface area (Å²) in [6.07, 6.45) is 3.25. The second-order valence-corrected chi connectivity index (χ2v) is 9.21. The van der Waals surface area contributed by atoms with Gasteiger partial charge in [0.25, 0.3) is 11.4 Å². The van der Waals surface area contributed by atoms with E-state index in [1.165, 1.54) is 18.5 Å². The van der Waals surface area contributed by atoms with Crippen LogP contribution >= 0.6 is 0 Å². The molecule has 1 aliphatic heterocycles. The molecule has 1 aliphatic rings. The van der Waals surface area contributed by atoms with Gasteiger partial charge in [-0.2, -0.15) is 0 Å². The van der Waals surface area contributed by atoms with Crippen molar-refractivity contribution >= 4 is 22.5 Å². The topological polar surface area (TPSA) is 71.5 Å². The summed E-state index contributed by atoms with van der Waals surface area (Å²) in [5.41, 5.74) is 3.73. The van der Waals surface area contributed by atoms with Gasteiger partial charge in [0.15, 0.2) is 0 Å². The van der Waals surface area contributed by atoms with Crippen LogP contribution in [0, 0.1) is 12.4 Å². The lowest BCUT2D eigenvalue weighted by Crippen LogP contribution is -2.57. The van der Waals surface area contributed by atoms with E-state index in [-0.39, 0.29) is 29.5 Å². The average Bonchev–Trinajstić information content (AvgIpc) is 2.89. The molecule has 3 atom stereocenters. The maximum Gasteiger partial charge on any atom is 0.270 e. The standard InChI is InChI=1S/C27H26FN7O/c1-17-15-35(27(21-11-12-30-16-31-21)19-5-7-20(28)8-6-19)18(2)14-34(17)23-13-25(36)33(4)22-9-10-24(29-3)32-26(22)23/h5-13,16-18,27H,14-15H2,1-2,4H3/t17-,18+,27?/m0/s1. The first-order valence-corrected chi connectivity index (χ1v) is 11.8. The molecule has 0 N–H and O–H groups in total. The number of aryl methyl sites for hydroxylation is 1. The maximum atomic E-state index is 13.7. The van der Waals surface area contributed by atoms with E-state index >= 15 is 0 Å². The van der Waals surface area contributed by atoms with Crippen molar-refractivity contribution in [1.29, 1.82) is 0 Å². The third-order valence-electron chi connectivity index (χ3n) is 6.91. The number of anilines is 1. The molecule has 3 aromatic heterocycles. The van der Waals surface area contributed by atoms with Gasteiger partial charge in [-0.05, 0) is 49.7 Å². The Morgan fingerprint density at radius 1 is 1.08 bits per heavy atom. The Kier molecular flexibility index (Phi) is 6.20. The quantitative estimate of drug-likeness (QED) is 0.407. The van der Waals surface area contributed by atoms with Crippen molar-refractivity contribution in [2.45, 2.75) is 32.0 Å². The molecule has 4 heterocycles. The van der Waals surface area contributed by atoms with Crippen molar-refractivity contribution in [3.8, 4) is 0 Å². The van der Waals surface area contributed by atoms with Gasteiger partial charge in [-0.3, -0.25) is 9.69 Å². The van der Waals surface area contributed by atoms with Crippen molar-refractivity contribution in [2.75, 3.05) is 18.0 Å². The van der Waals surface area contributed by atoms with Crippen LogP contribution < -0.4 is 10.5 Å². The number of hydrogen-bond donors (Lipinski definition) is 0. The number of pyridine rings is 2. The van der Waals surface area contributed by atoms with E-state index < -0.39 is 0 Å². The first-order valence-electron chi connectivity index (χ1n) is 11.8. The summed E-state index contributed by atoms with van der Waals surface area (Å²) in [6.45, 7) is 13.0. The van der Waals surface area contributed by atoms with Crippen molar-refractivity contribution in [3.05, 3.63) is 99.9 Å². The lowest BCUT2D eigenvalue weighted by atomic mass is 9.96. The number of piperazine rings is 1. The molecule has 0 radical (unpaired) electrons. The van der Waals surface area contributed by atoms with E-state index in [4.69, 9.17) is 6.57 Å². The van der Waals surface area contributed by atoms with Crippen LogP contribution in [0.1, 0.15) is 31.1 Å². The van der Waals surface area contributed by atoms with E-state index in [1.54, 1.807) is 48.1 Å². The number of rotatable bonds is 4. The molecule has 1 saturated heterocycles. The number of halogens is 1. The van der Waals surface area contributed by atoms with E-state index in [2.05, 4.69) is 43.4 Å². The Morgan fingerprint density at radius 2 is 1.86 bits per heavy atom. The van der Waals surface area contributed by atoms with Crippen LogP contribution in [0.15, 0.2) is 65.8 Å². The van der Waals surface area contributed by atoms with Gasteiger partial charge in [-0.1, -0.05) is 18.7 Å². The molecular formula is C27H26FN7O. The summed E-state index contributed by atoms with van der Waals surface area (Å²) in [6, 6.07) is 13.4. The zero-order chi connectivity index (χ0) is 25.4. The number of nitrogens with zero attached hydrogens (tertiary/aromatic N) is 7. The minimum Gasteiger partial charge on any atom is -0.362 e. The average molecular weight is 484 g/mol. The Bertz CT molecular complexity index is 1500. The normalized spacial score (nSPS) is 19.2. The highest BCUT2D eigenvalue weighted by atomic mass is 19.1. The highest BCUT2D eigenvalue weighted by Crippen LogP contribution is 2.35. The summed E-state index contributed by atoms with van der Waals surface area (Å²) in [5.74, 6) is 0.0112. The van der Waals surface area contributed by atoms with Crippen molar-refractivity contribution in [3.63, 3.8) is 0 Å². The zero-order valence-corrected chi connectivity index (χ0v) is 20.3. The number of fused-ring (bicyclic) bond motifs is 1. The molecule has 0 spiro atoms. The van der Waals surface area contributed by atoms with Gasteiger partial charge >= 0.3 is 0 Å². The van der Waals surface area contributed by atoms with E-state index in [9.17, 15) is 9.18 Å². The van der Waals surface area contributed by atoms with Crippen LogP contribution in [0.5, 0.6) is 0 Å². The summed E-state index contributed by atoms with van der Waals surface area (Å²) in [4.78, 5) is 34.0. The molecule has 36 heavy (non-hydrogen) atoms. The summed E-state index contributed by atoms with van der Waals surface area (Å²) >= 11 is 0. The molecule has 182 valence electrons. The highest BCUT2D eigenvalue weighted by molar-refractivity contribution is 5.89. The third kappa shape index (κ3) is 4.20. The number of benzene rings is 1. The summed E-state index contributed by atoms with van der Waals surface area (Å²) < 4.78 is 15.3. The minimum absolute atomic E-state index is 0.0275. The van der Waals surface area contributed by atoms with Crippen LogP contribution in [-0.4, -0.2) is 49.6 Å². The molecule has 4 aromatic rings. The summed E-state index contributed by atoms with van der Waals surface area (Å²) in [7, 11) is 1.71. The largest absolute Gasteiger partial charge is 0.362 e. The van der Waals surface area contributed by atoms with Crippen LogP contribution in [0.4, 0.5) is 15.9 Å². The summed E-state index contributed by atoms with van der Waals surface area (Å²) in [5, 5.41) is 0. The Hall–Kier alpha value is -4.16. The molecule has 5 rings (SSSR count). The van der Waals surface area contributed by atoms with Gasteiger partial charge in [0.05, 0.1) is 22.9 Å². The van der Waals surface area contributed by atoms with Crippen LogP contribution in [-0.2, 0) is 7.05 Å². The van der Waals surface area contributed by atoms with Crippen LogP contribution in [0.2, 0.25) is 0 Å². The second-order valence-electron chi connectivity index (χ2n) is 9.21. The molecule has 0 saturated carbocycles. The van der Waals surface area contributed by atoms with Crippen LogP contribution in [0.25, 0.3) is 15.9 Å². The molecule has 0 amide bonds. The van der Waals surface area contributed by atoms with Gasteiger partial charge < -0.3 is 14.3 Å². The van der Waals surface area contributed by atoms with E-state index in [0.29, 0.717) is 29.9 Å². The fourth-order valence-corrected chi connectivity index (χ4v) is 5.07. The Balaban J connectivity index is 1.55. The lowest BCUT2D eigenvalue weighted by molar-refractivity contribution is 0.128. The third-order valence-corrected chi connectivity index (χ3v) is 6.91. The predicted molar refractivity (Wildman–Crippen MR) is 136 cm³/mol. The van der Waals surface area contributed by atoms with Gasteiger partial charge in [-0.25, -0.2) is 14.4 Å². The molecule has 0 bridgehead atoms. The molecule has 1 unspecified atom stereocenters. The first-order chi connectivity index (χ1) is 17.4. The lowest BCUT2D eigenvalue weighted by Gasteiger charge is -2.48. The Labute approximate surface area is 208 Å². The van der Waals surface area contributed by atoms with E-state index in [1.807, 2.05) is 6.07 Å². The van der Waals surface area contributed by atoms with Gasteiger partial charge in [0.2, 0.25) is 5.52 Å². The molecule has 9 heteroatoms.